The number of benzene rings is 3. The molecule has 0 aliphatic carbocycles. The standard InChI is InChI=1S/C41H44N4O10S2/c46-34-15-16-35(47)45(34)55-36(48)12-2-1-3-17-42-56(49,50)27-13-14-33(57(51,52)53)30(24-27)37-31-22-25-8-4-18-43-20-6-10-28(38(25)43)40(31)54-41-29-11-7-21-44-19-5-9-26(39(29)44)23-32(37)41/h13-14,22-24,42H,1-12,15-21H2/p+1. The molecule has 0 unspecified atom stereocenters. The fourth-order valence-corrected chi connectivity index (χ4v) is 11.3. The van der Waals surface area contributed by atoms with Crippen LogP contribution in [0.2, 0.25) is 0 Å². The zero-order valence-electron chi connectivity index (χ0n) is 31.6. The molecule has 57 heavy (non-hydrogen) atoms. The first-order valence-electron chi connectivity index (χ1n) is 20.0. The molecule has 6 aliphatic rings. The number of rotatable bonds is 11. The zero-order chi connectivity index (χ0) is 39.6. The van der Waals surface area contributed by atoms with Gasteiger partial charge in [0.25, 0.3) is 21.9 Å². The molecule has 16 heteroatoms. The molecule has 3 aromatic carbocycles. The van der Waals surface area contributed by atoms with Crippen LogP contribution < -0.4 is 29.5 Å². The van der Waals surface area contributed by atoms with Crippen LogP contribution in [0.5, 0.6) is 11.5 Å². The molecule has 0 spiro atoms. The highest BCUT2D eigenvalue weighted by molar-refractivity contribution is 7.89. The van der Waals surface area contributed by atoms with Crippen molar-refractivity contribution in [3.63, 3.8) is 0 Å². The highest BCUT2D eigenvalue weighted by Crippen LogP contribution is 2.49. The number of hydrogen-bond donors (Lipinski definition) is 2. The van der Waals surface area contributed by atoms with Crippen molar-refractivity contribution in [2.45, 2.75) is 99.7 Å². The van der Waals surface area contributed by atoms with Crippen LogP contribution in [-0.2, 0) is 65.0 Å². The van der Waals surface area contributed by atoms with E-state index in [0.717, 1.165) is 106 Å². The predicted molar refractivity (Wildman–Crippen MR) is 207 cm³/mol. The first kappa shape index (κ1) is 37.9. The first-order chi connectivity index (χ1) is 27.4. The number of hydrogen-bond acceptors (Lipinski definition) is 10. The summed E-state index contributed by atoms with van der Waals surface area (Å²) in [5.41, 5.74) is 6.96. The maximum Gasteiger partial charge on any atom is 0.333 e. The van der Waals surface area contributed by atoms with Crippen LogP contribution in [0.25, 0.3) is 5.57 Å². The molecule has 9 rings (SSSR count). The number of fused-ring (bicyclic) bond motifs is 4. The fraction of sp³-hybridized carbons (Fsp3) is 0.463. The number of carbonyl (C=O) groups excluding carboxylic acids is 3. The van der Waals surface area contributed by atoms with Crippen molar-refractivity contribution in [2.75, 3.05) is 37.6 Å². The number of unbranched alkanes of at least 4 members (excludes halogenated alkanes) is 2. The third-order valence-corrected chi connectivity index (χ3v) is 14.4. The summed E-state index contributed by atoms with van der Waals surface area (Å²) < 4.78 is 77.0. The van der Waals surface area contributed by atoms with Gasteiger partial charge in [0.2, 0.25) is 15.4 Å². The van der Waals surface area contributed by atoms with E-state index in [-0.39, 0.29) is 41.2 Å². The van der Waals surface area contributed by atoms with Gasteiger partial charge in [0.1, 0.15) is 29.5 Å². The van der Waals surface area contributed by atoms with Gasteiger partial charge in [0.15, 0.2) is 0 Å². The second kappa shape index (κ2) is 14.6. The summed E-state index contributed by atoms with van der Waals surface area (Å²) in [5.74, 6) is -0.494. The Balaban J connectivity index is 1.09. The second-order valence-corrected chi connectivity index (χ2v) is 18.9. The molecule has 0 radical (unpaired) electrons. The van der Waals surface area contributed by atoms with Crippen LogP contribution in [0, 0.1) is 0 Å². The van der Waals surface area contributed by atoms with E-state index in [2.05, 4.69) is 26.3 Å². The number of amides is 2. The Hall–Kier alpha value is -4.64. The van der Waals surface area contributed by atoms with Crippen LogP contribution >= 0.6 is 0 Å². The van der Waals surface area contributed by atoms with E-state index in [1.807, 2.05) is 0 Å². The van der Waals surface area contributed by atoms with E-state index >= 15 is 0 Å². The Labute approximate surface area is 330 Å². The normalized spacial score (nSPS) is 18.5. The van der Waals surface area contributed by atoms with Crippen LogP contribution in [0.4, 0.5) is 5.69 Å². The Morgan fingerprint density at radius 2 is 1.53 bits per heavy atom. The molecule has 0 atom stereocenters. The van der Waals surface area contributed by atoms with E-state index in [4.69, 9.17) is 9.57 Å². The van der Waals surface area contributed by atoms with Crippen molar-refractivity contribution < 1.29 is 45.3 Å². The van der Waals surface area contributed by atoms with Gasteiger partial charge in [-0.25, -0.2) is 22.5 Å². The SMILES string of the molecule is O=C(CCCCCNS(=O)(=O)c1ccc(S(=O)(=O)O)c(C2=c3cc4c5c(c3Oc3c2cc2c6c3CCCN6CCC2)CCC[N+]=5CCC4)c1)ON1C(=O)CCC1=O. The van der Waals surface area contributed by atoms with Crippen molar-refractivity contribution in [1.82, 2.24) is 14.4 Å². The van der Waals surface area contributed by atoms with E-state index in [1.54, 1.807) is 0 Å². The van der Waals surface area contributed by atoms with Crippen LogP contribution in [0.1, 0.15) is 97.6 Å². The summed E-state index contributed by atoms with van der Waals surface area (Å²) in [6, 6.07) is 7.88. The van der Waals surface area contributed by atoms with E-state index in [9.17, 15) is 35.8 Å². The number of nitrogens with zero attached hydrogens (tertiary/aromatic N) is 3. The number of anilines is 1. The topological polar surface area (TPSA) is 180 Å². The number of nitrogens with one attached hydrogen (secondary N) is 1. The summed E-state index contributed by atoms with van der Waals surface area (Å²) in [5, 5.41) is 2.38. The van der Waals surface area contributed by atoms with Crippen LogP contribution in [-0.4, -0.2) is 77.0 Å². The smallest absolute Gasteiger partial charge is 0.333 e. The van der Waals surface area contributed by atoms with Gasteiger partial charge in [-0.2, -0.15) is 8.42 Å². The molecular weight excluding hydrogens is 773 g/mol. The number of carbonyl (C=O) groups is 3. The Morgan fingerprint density at radius 3 is 2.30 bits per heavy atom. The molecule has 2 N–H and O–H groups in total. The molecule has 2 amide bonds. The lowest BCUT2D eigenvalue weighted by Crippen LogP contribution is -2.45. The quantitative estimate of drug-likeness (QED) is 0.0985. The summed E-state index contributed by atoms with van der Waals surface area (Å²) in [4.78, 5) is 42.4. The first-order valence-corrected chi connectivity index (χ1v) is 22.9. The van der Waals surface area contributed by atoms with Gasteiger partial charge in [-0.15, -0.1) is 5.06 Å². The molecule has 0 aromatic heterocycles. The van der Waals surface area contributed by atoms with Crippen LogP contribution in [0.3, 0.4) is 0 Å². The van der Waals surface area contributed by atoms with Gasteiger partial charge in [-0.05, 0) is 87.3 Å². The molecule has 0 saturated carbocycles. The summed E-state index contributed by atoms with van der Waals surface area (Å²) in [6.07, 6.45) is 8.24. The minimum Gasteiger partial charge on any atom is -0.455 e. The predicted octanol–water partition coefficient (Wildman–Crippen LogP) is 2.81. The van der Waals surface area contributed by atoms with Gasteiger partial charge in [-0.3, -0.25) is 14.1 Å². The number of aryl methyl sites for hydroxylation is 2. The van der Waals surface area contributed by atoms with Crippen molar-refractivity contribution in [1.29, 1.82) is 0 Å². The van der Waals surface area contributed by atoms with Gasteiger partial charge >= 0.3 is 5.97 Å². The van der Waals surface area contributed by atoms with Gasteiger partial charge in [0, 0.05) is 90.5 Å². The second-order valence-electron chi connectivity index (χ2n) is 15.7. The number of imide groups is 1. The van der Waals surface area contributed by atoms with E-state index in [1.165, 1.54) is 23.2 Å². The van der Waals surface area contributed by atoms with Gasteiger partial charge in [-0.1, -0.05) is 6.42 Å². The maximum absolute atomic E-state index is 13.9. The fourth-order valence-electron chi connectivity index (χ4n) is 9.57. The van der Waals surface area contributed by atoms with Crippen molar-refractivity contribution >= 4 is 49.2 Å². The maximum atomic E-state index is 13.9. The summed E-state index contributed by atoms with van der Waals surface area (Å²) in [6.45, 7) is 3.85. The molecule has 300 valence electrons. The van der Waals surface area contributed by atoms with E-state index in [0.29, 0.717) is 52.2 Å². The van der Waals surface area contributed by atoms with Gasteiger partial charge in [0.05, 0.1) is 10.5 Å². The number of sulfonamides is 1. The Morgan fingerprint density at radius 1 is 0.807 bits per heavy atom. The lowest BCUT2D eigenvalue weighted by atomic mass is 9.82. The molecule has 1 fully saturated rings. The third kappa shape index (κ3) is 6.83. The highest BCUT2D eigenvalue weighted by atomic mass is 32.2. The average Bonchev–Trinajstić information content (AvgIpc) is 3.50. The summed E-state index contributed by atoms with van der Waals surface area (Å²) >= 11 is 0. The molecular formula is C41H45N4O10S2+. The molecule has 3 aromatic rings. The molecule has 14 nitrogen and oxygen atoms in total. The van der Waals surface area contributed by atoms with Crippen molar-refractivity contribution in [2.24, 2.45) is 0 Å². The molecule has 0 bridgehead atoms. The summed E-state index contributed by atoms with van der Waals surface area (Å²) in [7, 11) is -9.01. The van der Waals surface area contributed by atoms with E-state index < -0.39 is 37.9 Å². The lowest BCUT2D eigenvalue weighted by molar-refractivity contribution is -0.197. The monoisotopic (exact) mass is 817 g/mol. The van der Waals surface area contributed by atoms with Crippen molar-refractivity contribution in [3.05, 3.63) is 74.3 Å². The number of hydroxylamine groups is 2. The third-order valence-electron chi connectivity index (χ3n) is 12.0. The minimum atomic E-state index is -4.83. The molecule has 1 saturated heterocycles. The minimum absolute atomic E-state index is 0.00372. The van der Waals surface area contributed by atoms with Gasteiger partial charge < -0.3 is 14.5 Å². The highest BCUT2D eigenvalue weighted by Gasteiger charge is 2.37. The molecule has 6 aliphatic heterocycles. The van der Waals surface area contributed by atoms with Crippen molar-refractivity contribution in [3.8, 4) is 11.5 Å². The largest absolute Gasteiger partial charge is 0.455 e. The molecule has 6 heterocycles. The zero-order valence-corrected chi connectivity index (χ0v) is 33.2. The lowest BCUT2D eigenvalue weighted by Gasteiger charge is -2.39. The average molecular weight is 818 g/mol. The number of ether oxygens (including phenoxy) is 1. The van der Waals surface area contributed by atoms with Crippen LogP contribution in [0.15, 0.2) is 40.1 Å². The Kier molecular flexibility index (Phi) is 9.73. The Bertz CT molecular complexity index is 2600.